The fourth-order valence-corrected chi connectivity index (χ4v) is 1.41. The lowest BCUT2D eigenvalue weighted by atomic mass is 10.1. The van der Waals surface area contributed by atoms with E-state index in [1.54, 1.807) is 23.3 Å². The lowest BCUT2D eigenvalue weighted by Gasteiger charge is -2.07. The highest BCUT2D eigenvalue weighted by molar-refractivity contribution is 5.14. The van der Waals surface area contributed by atoms with E-state index >= 15 is 0 Å². The fourth-order valence-electron chi connectivity index (χ4n) is 1.41. The molecule has 2 aromatic rings. The van der Waals surface area contributed by atoms with Crippen LogP contribution in [0.3, 0.4) is 0 Å². The third-order valence-corrected chi connectivity index (χ3v) is 2.42. The number of hydrogen-bond donors (Lipinski definition) is 1. The Balaban J connectivity index is 2.11. The van der Waals surface area contributed by atoms with Gasteiger partial charge in [0.1, 0.15) is 0 Å². The molecule has 84 valence electrons. The zero-order chi connectivity index (χ0) is 11.4. The molecule has 0 fully saturated rings. The third kappa shape index (κ3) is 2.43. The van der Waals surface area contributed by atoms with E-state index in [1.165, 1.54) is 0 Å². The molecule has 0 amide bonds. The van der Waals surface area contributed by atoms with Crippen molar-refractivity contribution in [3.05, 3.63) is 36.4 Å². The highest BCUT2D eigenvalue weighted by atomic mass is 15.3. The van der Waals surface area contributed by atoms with Crippen LogP contribution in [0.1, 0.15) is 18.9 Å². The Morgan fingerprint density at radius 2 is 2.12 bits per heavy atom. The summed E-state index contributed by atoms with van der Waals surface area (Å²) in [6.07, 6.45) is 8.90. The summed E-state index contributed by atoms with van der Waals surface area (Å²) in [4.78, 5) is 8.48. The third-order valence-electron chi connectivity index (χ3n) is 2.42. The van der Waals surface area contributed by atoms with E-state index in [0.717, 1.165) is 18.4 Å². The van der Waals surface area contributed by atoms with Gasteiger partial charge >= 0.3 is 0 Å². The Hall–Kier alpha value is -1.75. The highest BCUT2D eigenvalue weighted by Crippen LogP contribution is 2.04. The minimum atomic E-state index is 0.180. The topological polar surface area (TPSA) is 69.6 Å². The van der Waals surface area contributed by atoms with E-state index in [9.17, 15) is 0 Å². The van der Waals surface area contributed by atoms with E-state index in [1.807, 2.05) is 12.3 Å². The molecule has 0 radical (unpaired) electrons. The Kier molecular flexibility index (Phi) is 3.26. The van der Waals surface area contributed by atoms with Crippen LogP contribution in [0.5, 0.6) is 0 Å². The average Bonchev–Trinajstić information content (AvgIpc) is 2.83. The average molecular weight is 217 g/mol. The quantitative estimate of drug-likeness (QED) is 0.827. The van der Waals surface area contributed by atoms with Gasteiger partial charge in [-0.3, -0.25) is 0 Å². The molecule has 2 rings (SSSR count). The molecule has 16 heavy (non-hydrogen) atoms. The summed E-state index contributed by atoms with van der Waals surface area (Å²) in [7, 11) is 0. The minimum absolute atomic E-state index is 0.180. The molecule has 0 aliphatic heterocycles. The monoisotopic (exact) mass is 217 g/mol. The fraction of sp³-hybridized carbons (Fsp3) is 0.364. The molecule has 5 nitrogen and oxygen atoms in total. The molecule has 2 heterocycles. The second-order valence-electron chi connectivity index (χ2n) is 3.71. The zero-order valence-electron chi connectivity index (χ0n) is 9.24. The maximum absolute atomic E-state index is 5.86. The molecule has 0 bridgehead atoms. The molecule has 0 saturated heterocycles. The zero-order valence-corrected chi connectivity index (χ0v) is 9.24. The summed E-state index contributed by atoms with van der Waals surface area (Å²) in [6.45, 7) is 2.07. The first kappa shape index (κ1) is 10.8. The summed E-state index contributed by atoms with van der Waals surface area (Å²) in [6, 6.07) is 2.02. The van der Waals surface area contributed by atoms with Gasteiger partial charge in [-0.2, -0.15) is 5.10 Å². The molecule has 2 aromatic heterocycles. The minimum Gasteiger partial charge on any atom is -0.327 e. The van der Waals surface area contributed by atoms with Gasteiger partial charge in [-0.15, -0.1) is 0 Å². The van der Waals surface area contributed by atoms with E-state index < -0.39 is 0 Å². The Morgan fingerprint density at radius 3 is 2.69 bits per heavy atom. The SMILES string of the molecule is CCC(N)Cc1cnc(-n2cccn2)nc1. The van der Waals surface area contributed by atoms with Gasteiger partial charge in [-0.1, -0.05) is 6.92 Å². The lowest BCUT2D eigenvalue weighted by Crippen LogP contribution is -2.21. The first-order chi connectivity index (χ1) is 7.79. The predicted octanol–water partition coefficient (Wildman–Crippen LogP) is 0.942. The van der Waals surface area contributed by atoms with Gasteiger partial charge < -0.3 is 5.73 Å². The first-order valence-electron chi connectivity index (χ1n) is 5.36. The summed E-state index contributed by atoms with van der Waals surface area (Å²) < 4.78 is 1.63. The standard InChI is InChI=1S/C11H15N5/c1-2-10(12)6-9-7-13-11(14-8-9)16-5-3-4-15-16/h3-5,7-8,10H,2,6,12H2,1H3. The molecule has 1 unspecified atom stereocenters. The summed E-state index contributed by atoms with van der Waals surface area (Å²) >= 11 is 0. The summed E-state index contributed by atoms with van der Waals surface area (Å²) in [5, 5.41) is 4.06. The number of nitrogens with zero attached hydrogens (tertiary/aromatic N) is 4. The van der Waals surface area contributed by atoms with Gasteiger partial charge in [-0.25, -0.2) is 14.6 Å². The van der Waals surface area contributed by atoms with Crippen LogP contribution in [0.2, 0.25) is 0 Å². The number of aromatic nitrogens is 4. The van der Waals surface area contributed by atoms with E-state index in [-0.39, 0.29) is 6.04 Å². The van der Waals surface area contributed by atoms with Crippen molar-refractivity contribution in [1.82, 2.24) is 19.7 Å². The van der Waals surface area contributed by atoms with Crippen molar-refractivity contribution in [2.75, 3.05) is 0 Å². The molecule has 0 aliphatic carbocycles. The van der Waals surface area contributed by atoms with Crippen LogP contribution >= 0.6 is 0 Å². The smallest absolute Gasteiger partial charge is 0.250 e. The van der Waals surface area contributed by atoms with Crippen LogP contribution in [-0.4, -0.2) is 25.8 Å². The van der Waals surface area contributed by atoms with Gasteiger partial charge in [0, 0.05) is 30.8 Å². The first-order valence-corrected chi connectivity index (χ1v) is 5.36. The highest BCUT2D eigenvalue weighted by Gasteiger charge is 2.03. The van der Waals surface area contributed by atoms with Crippen LogP contribution in [0.4, 0.5) is 0 Å². The van der Waals surface area contributed by atoms with Crippen LogP contribution in [-0.2, 0) is 6.42 Å². The van der Waals surface area contributed by atoms with Gasteiger partial charge in [0.05, 0.1) is 0 Å². The maximum atomic E-state index is 5.86. The van der Waals surface area contributed by atoms with Crippen LogP contribution in [0.15, 0.2) is 30.9 Å². The van der Waals surface area contributed by atoms with Gasteiger partial charge in [0.25, 0.3) is 0 Å². The molecule has 0 aliphatic rings. The van der Waals surface area contributed by atoms with Gasteiger partial charge in [0.15, 0.2) is 0 Å². The molecular weight excluding hydrogens is 202 g/mol. The van der Waals surface area contributed by atoms with Crippen molar-refractivity contribution in [1.29, 1.82) is 0 Å². The summed E-state index contributed by atoms with van der Waals surface area (Å²) in [5.41, 5.74) is 6.92. The molecule has 5 heteroatoms. The Morgan fingerprint density at radius 1 is 1.38 bits per heavy atom. The second kappa shape index (κ2) is 4.85. The van der Waals surface area contributed by atoms with Crippen molar-refractivity contribution in [2.24, 2.45) is 5.73 Å². The Bertz CT molecular complexity index is 420. The van der Waals surface area contributed by atoms with Crippen molar-refractivity contribution in [3.8, 4) is 5.95 Å². The number of hydrogen-bond acceptors (Lipinski definition) is 4. The van der Waals surface area contributed by atoms with Crippen LogP contribution < -0.4 is 5.73 Å². The molecule has 1 atom stereocenters. The molecule has 0 saturated carbocycles. The molecule has 0 spiro atoms. The second-order valence-corrected chi connectivity index (χ2v) is 3.71. The Labute approximate surface area is 94.3 Å². The van der Waals surface area contributed by atoms with Crippen molar-refractivity contribution in [3.63, 3.8) is 0 Å². The van der Waals surface area contributed by atoms with Gasteiger partial charge in [-0.05, 0) is 24.5 Å². The van der Waals surface area contributed by atoms with E-state index in [0.29, 0.717) is 5.95 Å². The predicted molar refractivity (Wildman–Crippen MR) is 61.1 cm³/mol. The normalized spacial score (nSPS) is 12.6. The lowest BCUT2D eigenvalue weighted by molar-refractivity contribution is 0.642. The molecule has 2 N–H and O–H groups in total. The maximum Gasteiger partial charge on any atom is 0.250 e. The van der Waals surface area contributed by atoms with E-state index in [4.69, 9.17) is 5.73 Å². The molecular formula is C11H15N5. The van der Waals surface area contributed by atoms with E-state index in [2.05, 4.69) is 22.0 Å². The largest absolute Gasteiger partial charge is 0.327 e. The number of rotatable bonds is 4. The van der Waals surface area contributed by atoms with Crippen molar-refractivity contribution >= 4 is 0 Å². The van der Waals surface area contributed by atoms with Crippen molar-refractivity contribution < 1.29 is 0 Å². The van der Waals surface area contributed by atoms with Crippen molar-refractivity contribution in [2.45, 2.75) is 25.8 Å². The van der Waals surface area contributed by atoms with Crippen LogP contribution in [0, 0.1) is 0 Å². The van der Waals surface area contributed by atoms with Crippen LogP contribution in [0.25, 0.3) is 5.95 Å². The van der Waals surface area contributed by atoms with Gasteiger partial charge in [0.2, 0.25) is 5.95 Å². The number of nitrogens with two attached hydrogens (primary N) is 1. The summed E-state index contributed by atoms with van der Waals surface area (Å²) in [5.74, 6) is 0.582. The molecule has 0 aromatic carbocycles.